The number of imidazole rings is 1. The molecule has 6 heteroatoms. The molecule has 0 saturated heterocycles. The summed E-state index contributed by atoms with van der Waals surface area (Å²) in [4.78, 5) is 28.4. The molecule has 0 radical (unpaired) electrons. The lowest BCUT2D eigenvalue weighted by molar-refractivity contribution is 0.0695. The molecule has 0 saturated carbocycles. The van der Waals surface area contributed by atoms with Gasteiger partial charge in [0.2, 0.25) is 0 Å². The number of carboxylic acid groups (broad SMARTS) is 1. The van der Waals surface area contributed by atoms with Gasteiger partial charge in [-0.3, -0.25) is 4.79 Å². The number of hydrogen-bond donors (Lipinski definition) is 1. The Balaban J connectivity index is 2.08. The predicted molar refractivity (Wildman–Crippen MR) is 72.4 cm³/mol. The number of amides is 1. The molecule has 1 aromatic carbocycles. The minimum absolute atomic E-state index is 0.132. The number of aryl methyl sites for hydroxylation is 1. The lowest BCUT2D eigenvalue weighted by Crippen LogP contribution is -2.27. The van der Waals surface area contributed by atoms with Gasteiger partial charge >= 0.3 is 5.97 Å². The van der Waals surface area contributed by atoms with Gasteiger partial charge in [0.05, 0.1) is 18.1 Å². The highest BCUT2D eigenvalue weighted by Gasteiger charge is 2.15. The molecule has 0 aliphatic carbocycles. The van der Waals surface area contributed by atoms with Crippen LogP contribution < -0.4 is 0 Å². The zero-order valence-electron chi connectivity index (χ0n) is 11.3. The standard InChI is InChI=1S/C14H15N3O3/c1-16(13(18)12-7-15-9-17(12)2)8-10-3-5-11(6-4-10)14(19)20/h3-7,9H,8H2,1-2H3,(H,19,20). The average molecular weight is 273 g/mol. The summed E-state index contributed by atoms with van der Waals surface area (Å²) in [7, 11) is 3.45. The second-order valence-electron chi connectivity index (χ2n) is 4.55. The first-order valence-electron chi connectivity index (χ1n) is 6.03. The maximum absolute atomic E-state index is 12.2. The van der Waals surface area contributed by atoms with Crippen LogP contribution in [0.25, 0.3) is 0 Å². The van der Waals surface area contributed by atoms with E-state index in [0.29, 0.717) is 12.2 Å². The summed E-state index contributed by atoms with van der Waals surface area (Å²) >= 11 is 0. The first kappa shape index (κ1) is 13.8. The third kappa shape index (κ3) is 2.85. The van der Waals surface area contributed by atoms with Gasteiger partial charge in [-0.25, -0.2) is 9.78 Å². The molecule has 0 unspecified atom stereocenters. The Hall–Kier alpha value is -2.63. The number of carbonyl (C=O) groups excluding carboxylic acids is 1. The summed E-state index contributed by atoms with van der Waals surface area (Å²) < 4.78 is 1.66. The third-order valence-corrected chi connectivity index (χ3v) is 3.00. The second kappa shape index (κ2) is 5.56. The molecule has 0 fully saturated rings. The summed E-state index contributed by atoms with van der Waals surface area (Å²) in [5.41, 5.74) is 1.61. The molecule has 1 aromatic heterocycles. The van der Waals surface area contributed by atoms with Crippen LogP contribution in [0.5, 0.6) is 0 Å². The Morgan fingerprint density at radius 2 is 1.95 bits per heavy atom. The Morgan fingerprint density at radius 3 is 2.45 bits per heavy atom. The zero-order valence-corrected chi connectivity index (χ0v) is 11.3. The summed E-state index contributed by atoms with van der Waals surface area (Å²) in [6.07, 6.45) is 3.09. The fourth-order valence-corrected chi connectivity index (χ4v) is 1.86. The monoisotopic (exact) mass is 273 g/mol. The van der Waals surface area contributed by atoms with Crippen LogP contribution in [-0.4, -0.2) is 38.5 Å². The molecular formula is C14H15N3O3. The molecular weight excluding hydrogens is 258 g/mol. The van der Waals surface area contributed by atoms with E-state index in [-0.39, 0.29) is 11.5 Å². The van der Waals surface area contributed by atoms with Gasteiger partial charge in [-0.15, -0.1) is 0 Å². The molecule has 0 bridgehead atoms. The Bertz CT molecular complexity index is 631. The highest BCUT2D eigenvalue weighted by atomic mass is 16.4. The number of nitrogens with zero attached hydrogens (tertiary/aromatic N) is 3. The Labute approximate surface area is 116 Å². The van der Waals surface area contributed by atoms with Crippen molar-refractivity contribution in [2.45, 2.75) is 6.54 Å². The van der Waals surface area contributed by atoms with E-state index in [4.69, 9.17) is 5.11 Å². The molecule has 20 heavy (non-hydrogen) atoms. The smallest absolute Gasteiger partial charge is 0.335 e. The normalized spacial score (nSPS) is 10.3. The van der Waals surface area contributed by atoms with Crippen molar-refractivity contribution in [3.8, 4) is 0 Å². The zero-order chi connectivity index (χ0) is 14.7. The predicted octanol–water partition coefficient (Wildman–Crippen LogP) is 1.39. The molecule has 104 valence electrons. The third-order valence-electron chi connectivity index (χ3n) is 3.00. The van der Waals surface area contributed by atoms with Crippen LogP contribution in [0.3, 0.4) is 0 Å². The molecule has 1 N–H and O–H groups in total. The first-order chi connectivity index (χ1) is 9.49. The van der Waals surface area contributed by atoms with E-state index in [1.807, 2.05) is 0 Å². The molecule has 6 nitrogen and oxygen atoms in total. The molecule has 2 aromatic rings. The summed E-state index contributed by atoms with van der Waals surface area (Å²) in [6.45, 7) is 0.407. The van der Waals surface area contributed by atoms with Crippen molar-refractivity contribution < 1.29 is 14.7 Å². The van der Waals surface area contributed by atoms with E-state index in [1.165, 1.54) is 18.3 Å². The van der Waals surface area contributed by atoms with Crippen molar-refractivity contribution in [1.29, 1.82) is 0 Å². The van der Waals surface area contributed by atoms with Gasteiger partial charge in [-0.05, 0) is 17.7 Å². The van der Waals surface area contributed by atoms with E-state index in [0.717, 1.165) is 5.56 Å². The van der Waals surface area contributed by atoms with Gasteiger partial charge in [-0.2, -0.15) is 0 Å². The lowest BCUT2D eigenvalue weighted by Gasteiger charge is -2.17. The Kier molecular flexibility index (Phi) is 3.84. The second-order valence-corrected chi connectivity index (χ2v) is 4.55. The van der Waals surface area contributed by atoms with Crippen molar-refractivity contribution in [2.24, 2.45) is 7.05 Å². The summed E-state index contributed by atoms with van der Waals surface area (Å²) in [5.74, 6) is -1.09. The van der Waals surface area contributed by atoms with Crippen LogP contribution in [0.1, 0.15) is 26.4 Å². The van der Waals surface area contributed by atoms with Crippen LogP contribution in [0.2, 0.25) is 0 Å². The fraction of sp³-hybridized carbons (Fsp3) is 0.214. The molecule has 1 amide bonds. The van der Waals surface area contributed by atoms with Gasteiger partial charge in [-0.1, -0.05) is 12.1 Å². The van der Waals surface area contributed by atoms with E-state index < -0.39 is 5.97 Å². The Morgan fingerprint density at radius 1 is 1.30 bits per heavy atom. The number of rotatable bonds is 4. The van der Waals surface area contributed by atoms with Crippen LogP contribution in [0.15, 0.2) is 36.8 Å². The number of hydrogen-bond acceptors (Lipinski definition) is 3. The maximum atomic E-state index is 12.2. The maximum Gasteiger partial charge on any atom is 0.335 e. The quantitative estimate of drug-likeness (QED) is 0.913. The minimum atomic E-state index is -0.962. The number of benzene rings is 1. The van der Waals surface area contributed by atoms with Crippen molar-refractivity contribution in [3.63, 3.8) is 0 Å². The van der Waals surface area contributed by atoms with E-state index in [9.17, 15) is 9.59 Å². The fourth-order valence-electron chi connectivity index (χ4n) is 1.86. The highest BCUT2D eigenvalue weighted by Crippen LogP contribution is 2.09. The van der Waals surface area contributed by atoms with Crippen molar-refractivity contribution in [2.75, 3.05) is 7.05 Å². The number of carboxylic acids is 1. The number of carbonyl (C=O) groups is 2. The van der Waals surface area contributed by atoms with E-state index >= 15 is 0 Å². The van der Waals surface area contributed by atoms with Crippen LogP contribution in [-0.2, 0) is 13.6 Å². The summed E-state index contributed by atoms with van der Waals surface area (Å²) in [5, 5.41) is 8.83. The molecule has 0 atom stereocenters. The van der Waals surface area contributed by atoms with Crippen molar-refractivity contribution >= 4 is 11.9 Å². The SMILES string of the molecule is CN(Cc1ccc(C(=O)O)cc1)C(=O)c1cncn1C. The lowest BCUT2D eigenvalue weighted by atomic mass is 10.1. The molecule has 2 rings (SSSR count). The largest absolute Gasteiger partial charge is 0.478 e. The van der Waals surface area contributed by atoms with Crippen LogP contribution in [0.4, 0.5) is 0 Å². The van der Waals surface area contributed by atoms with E-state index in [2.05, 4.69) is 4.98 Å². The van der Waals surface area contributed by atoms with Crippen LogP contribution in [0, 0.1) is 0 Å². The van der Waals surface area contributed by atoms with Gasteiger partial charge in [0, 0.05) is 20.6 Å². The molecule has 0 aliphatic heterocycles. The molecule has 1 heterocycles. The van der Waals surface area contributed by atoms with Gasteiger partial charge in [0.15, 0.2) is 0 Å². The van der Waals surface area contributed by atoms with Gasteiger partial charge in [0.25, 0.3) is 5.91 Å². The first-order valence-corrected chi connectivity index (χ1v) is 6.03. The van der Waals surface area contributed by atoms with Gasteiger partial charge < -0.3 is 14.6 Å². The van der Waals surface area contributed by atoms with Crippen molar-refractivity contribution in [3.05, 3.63) is 53.6 Å². The molecule has 0 aliphatic rings. The number of aromatic carboxylic acids is 1. The highest BCUT2D eigenvalue weighted by molar-refractivity contribution is 5.92. The average Bonchev–Trinajstić information content (AvgIpc) is 2.84. The number of aromatic nitrogens is 2. The minimum Gasteiger partial charge on any atom is -0.478 e. The van der Waals surface area contributed by atoms with Crippen LogP contribution >= 0.6 is 0 Å². The van der Waals surface area contributed by atoms with E-state index in [1.54, 1.807) is 42.0 Å². The molecule has 0 spiro atoms. The van der Waals surface area contributed by atoms with Gasteiger partial charge in [0.1, 0.15) is 5.69 Å². The topological polar surface area (TPSA) is 75.4 Å². The summed E-state index contributed by atoms with van der Waals surface area (Å²) in [6, 6.07) is 6.47. The van der Waals surface area contributed by atoms with Crippen molar-refractivity contribution in [1.82, 2.24) is 14.5 Å².